The molecule has 0 spiro atoms. The molecular formula is C32H29N3. The van der Waals surface area contributed by atoms with Crippen LogP contribution in [0.1, 0.15) is 41.3 Å². The van der Waals surface area contributed by atoms with Crippen LogP contribution in [0.2, 0.25) is 0 Å². The lowest BCUT2D eigenvalue weighted by molar-refractivity contribution is 0.572. The van der Waals surface area contributed by atoms with Gasteiger partial charge in [-0.2, -0.15) is 5.10 Å². The number of rotatable bonds is 1. The number of aryl methyl sites for hydroxylation is 3. The Labute approximate surface area is 206 Å². The number of hydrogen-bond donors (Lipinski definition) is 0. The van der Waals surface area contributed by atoms with E-state index in [1.54, 1.807) is 5.56 Å². The average molecular weight is 456 g/mol. The van der Waals surface area contributed by atoms with Gasteiger partial charge < -0.3 is 0 Å². The summed E-state index contributed by atoms with van der Waals surface area (Å²) in [5, 5.41) is 12.5. The fourth-order valence-electron chi connectivity index (χ4n) is 5.70. The Kier molecular flexibility index (Phi) is 5.54. The fraction of sp³-hybridized carbons (Fsp3) is 0.188. The first kappa shape index (κ1) is 21.5. The van der Waals surface area contributed by atoms with Gasteiger partial charge in [-0.15, -0.1) is 0 Å². The van der Waals surface area contributed by atoms with Gasteiger partial charge in [0.15, 0.2) is 0 Å². The molecule has 0 aliphatic heterocycles. The van der Waals surface area contributed by atoms with E-state index in [1.807, 2.05) is 30.6 Å². The molecule has 0 saturated carbocycles. The van der Waals surface area contributed by atoms with E-state index in [0.717, 1.165) is 5.69 Å². The molecule has 1 aliphatic carbocycles. The molecule has 7 rings (SSSR count). The van der Waals surface area contributed by atoms with Gasteiger partial charge in [0.25, 0.3) is 0 Å². The summed E-state index contributed by atoms with van der Waals surface area (Å²) in [5.41, 5.74) is 5.49. The van der Waals surface area contributed by atoms with E-state index in [1.165, 1.54) is 62.8 Å². The quantitative estimate of drug-likeness (QED) is 0.237. The highest BCUT2D eigenvalue weighted by Gasteiger charge is 2.26. The van der Waals surface area contributed by atoms with E-state index in [0.29, 0.717) is 5.92 Å². The zero-order valence-electron chi connectivity index (χ0n) is 20.3. The Morgan fingerprint density at radius 2 is 1.54 bits per heavy atom. The summed E-state index contributed by atoms with van der Waals surface area (Å²) in [4.78, 5) is 4.01. The van der Waals surface area contributed by atoms with E-state index in [-0.39, 0.29) is 0 Å². The number of benzene rings is 4. The van der Waals surface area contributed by atoms with Gasteiger partial charge in [-0.05, 0) is 81.8 Å². The molecule has 4 aromatic carbocycles. The first-order chi connectivity index (χ1) is 17.2. The van der Waals surface area contributed by atoms with Crippen molar-refractivity contribution in [3.05, 3.63) is 120 Å². The molecule has 3 nitrogen and oxygen atoms in total. The van der Waals surface area contributed by atoms with Crippen LogP contribution < -0.4 is 0 Å². The molecule has 1 atom stereocenters. The van der Waals surface area contributed by atoms with E-state index in [4.69, 9.17) is 0 Å². The highest BCUT2D eigenvalue weighted by atomic mass is 15.3. The molecule has 1 aliphatic rings. The van der Waals surface area contributed by atoms with Crippen molar-refractivity contribution in [2.75, 3.05) is 0 Å². The minimum absolute atomic E-state index is 0.464. The van der Waals surface area contributed by atoms with Crippen molar-refractivity contribution in [1.82, 2.24) is 14.8 Å². The summed E-state index contributed by atoms with van der Waals surface area (Å²) in [6.45, 7) is 2.08. The van der Waals surface area contributed by atoms with Crippen molar-refractivity contribution < 1.29 is 0 Å². The number of nitrogens with zero attached hydrogens (tertiary/aromatic N) is 3. The van der Waals surface area contributed by atoms with Crippen LogP contribution in [0, 0.1) is 6.92 Å². The normalized spacial score (nSPS) is 15.1. The standard InChI is InChI=1S/C23H22N2.C9H7N/c1-15-14-23(25(2)24-15)22-9-5-8-18-20-11-10-16-6-3-4-7-17(16)19(20)12-13-21(18)22;1-2-4-9-7-10-6-5-8(9)3-1/h3-4,6-7,10-14,22H,5,8-9H2,1-2H3;1-7H. The number of aromatic nitrogens is 3. The van der Waals surface area contributed by atoms with Crippen LogP contribution in [0.4, 0.5) is 0 Å². The second-order valence-electron chi connectivity index (χ2n) is 9.52. The lowest BCUT2D eigenvalue weighted by Gasteiger charge is -2.27. The van der Waals surface area contributed by atoms with Crippen LogP contribution in [0.3, 0.4) is 0 Å². The fourth-order valence-corrected chi connectivity index (χ4v) is 5.70. The van der Waals surface area contributed by atoms with Crippen LogP contribution in [-0.4, -0.2) is 14.8 Å². The molecule has 0 amide bonds. The lowest BCUT2D eigenvalue weighted by Crippen LogP contribution is -2.14. The van der Waals surface area contributed by atoms with Crippen LogP contribution in [0.15, 0.2) is 97.3 Å². The molecule has 172 valence electrons. The summed E-state index contributed by atoms with van der Waals surface area (Å²) >= 11 is 0. The largest absolute Gasteiger partial charge is 0.272 e. The molecule has 0 fully saturated rings. The minimum atomic E-state index is 0.464. The molecule has 0 saturated heterocycles. The summed E-state index contributed by atoms with van der Waals surface area (Å²) in [6, 6.07) is 30.5. The molecule has 6 aromatic rings. The number of hydrogen-bond acceptors (Lipinski definition) is 2. The second kappa shape index (κ2) is 8.99. The first-order valence-corrected chi connectivity index (χ1v) is 12.4. The third-order valence-corrected chi connectivity index (χ3v) is 7.31. The molecule has 35 heavy (non-hydrogen) atoms. The third kappa shape index (κ3) is 3.97. The minimum Gasteiger partial charge on any atom is -0.272 e. The second-order valence-corrected chi connectivity index (χ2v) is 9.52. The van der Waals surface area contributed by atoms with Crippen LogP contribution in [0.5, 0.6) is 0 Å². The molecule has 2 heterocycles. The molecular weight excluding hydrogens is 426 g/mol. The monoisotopic (exact) mass is 455 g/mol. The van der Waals surface area contributed by atoms with Gasteiger partial charge in [0.05, 0.1) is 5.69 Å². The average Bonchev–Trinajstić information content (AvgIpc) is 3.25. The highest BCUT2D eigenvalue weighted by molar-refractivity contribution is 6.08. The van der Waals surface area contributed by atoms with E-state index in [9.17, 15) is 0 Å². The van der Waals surface area contributed by atoms with Crippen molar-refractivity contribution in [3.8, 4) is 0 Å². The molecule has 3 heteroatoms. The predicted octanol–water partition coefficient (Wildman–Crippen LogP) is 7.74. The van der Waals surface area contributed by atoms with Gasteiger partial charge in [0.1, 0.15) is 0 Å². The number of pyridine rings is 1. The van der Waals surface area contributed by atoms with Crippen molar-refractivity contribution in [3.63, 3.8) is 0 Å². The van der Waals surface area contributed by atoms with E-state index in [2.05, 4.69) is 95.5 Å². The SMILES string of the molecule is Cc1cc(C2CCCc3c2ccc2c3ccc3ccccc32)n(C)n1.c1ccc2cnccc2c1. The van der Waals surface area contributed by atoms with Crippen molar-refractivity contribution in [2.45, 2.75) is 32.1 Å². The molecule has 1 unspecified atom stereocenters. The van der Waals surface area contributed by atoms with Gasteiger partial charge >= 0.3 is 0 Å². The Hall–Kier alpha value is -3.98. The Bertz CT molecular complexity index is 1600. The molecule has 0 N–H and O–H groups in total. The van der Waals surface area contributed by atoms with E-state index >= 15 is 0 Å². The maximum Gasteiger partial charge on any atom is 0.0596 e. The van der Waals surface area contributed by atoms with Gasteiger partial charge in [-0.3, -0.25) is 9.67 Å². The topological polar surface area (TPSA) is 30.7 Å². The highest BCUT2D eigenvalue weighted by Crippen LogP contribution is 2.41. The van der Waals surface area contributed by atoms with E-state index < -0.39 is 0 Å². The van der Waals surface area contributed by atoms with Crippen molar-refractivity contribution in [2.24, 2.45) is 7.05 Å². The Morgan fingerprint density at radius 3 is 2.34 bits per heavy atom. The zero-order chi connectivity index (χ0) is 23.8. The summed E-state index contributed by atoms with van der Waals surface area (Å²) < 4.78 is 2.07. The molecule has 2 aromatic heterocycles. The van der Waals surface area contributed by atoms with Gasteiger partial charge in [0, 0.05) is 31.1 Å². The van der Waals surface area contributed by atoms with Crippen LogP contribution in [0.25, 0.3) is 32.3 Å². The van der Waals surface area contributed by atoms with Crippen molar-refractivity contribution >= 4 is 32.3 Å². The maximum atomic E-state index is 4.58. The summed E-state index contributed by atoms with van der Waals surface area (Å²) in [6.07, 6.45) is 7.31. The van der Waals surface area contributed by atoms with Gasteiger partial charge in [-0.1, -0.05) is 72.8 Å². The first-order valence-electron chi connectivity index (χ1n) is 12.4. The summed E-state index contributed by atoms with van der Waals surface area (Å²) in [5.74, 6) is 0.464. The smallest absolute Gasteiger partial charge is 0.0596 e. The lowest BCUT2D eigenvalue weighted by atomic mass is 9.78. The van der Waals surface area contributed by atoms with Crippen molar-refractivity contribution in [1.29, 1.82) is 0 Å². The molecule has 0 bridgehead atoms. The number of fused-ring (bicyclic) bond motifs is 6. The Morgan fingerprint density at radius 1 is 0.771 bits per heavy atom. The maximum absolute atomic E-state index is 4.58. The van der Waals surface area contributed by atoms with Crippen LogP contribution in [-0.2, 0) is 13.5 Å². The molecule has 0 radical (unpaired) electrons. The van der Waals surface area contributed by atoms with Crippen LogP contribution >= 0.6 is 0 Å². The third-order valence-electron chi connectivity index (χ3n) is 7.31. The zero-order valence-corrected chi connectivity index (χ0v) is 20.3. The summed E-state index contributed by atoms with van der Waals surface area (Å²) in [7, 11) is 2.07. The predicted molar refractivity (Wildman–Crippen MR) is 146 cm³/mol. The van der Waals surface area contributed by atoms with Gasteiger partial charge in [0.2, 0.25) is 0 Å². The van der Waals surface area contributed by atoms with Gasteiger partial charge in [-0.25, -0.2) is 0 Å². The Balaban J connectivity index is 0.000000191.